The number of carboxylic acids is 1. The smallest absolute Gasteiger partial charge is 0.434 e. The minimum Gasteiger partial charge on any atom is -0.488 e. The molecule has 1 aromatic carbocycles. The van der Waals surface area contributed by atoms with Gasteiger partial charge >= 0.3 is 18.3 Å². The average Bonchev–Trinajstić information content (AvgIpc) is 3.42. The maximum Gasteiger partial charge on any atom is 0.434 e. The monoisotopic (exact) mass is 755 g/mol. The number of hydrogen-bond donors (Lipinski definition) is 2. The van der Waals surface area contributed by atoms with Gasteiger partial charge in [0.2, 0.25) is 5.92 Å². The van der Waals surface area contributed by atoms with Gasteiger partial charge in [-0.2, -0.15) is 26.3 Å². The number of nitrogens with one attached hydrogen (secondary N) is 1. The van der Waals surface area contributed by atoms with Crippen LogP contribution < -0.4 is 10.1 Å². The first-order chi connectivity index (χ1) is 24.9. The van der Waals surface area contributed by atoms with Crippen LogP contribution in [0.15, 0.2) is 30.6 Å². The minimum absolute atomic E-state index is 0.0332. The third kappa shape index (κ3) is 6.60. The Morgan fingerprint density at radius 1 is 0.962 bits per heavy atom. The van der Waals surface area contributed by atoms with Crippen LogP contribution in [0.25, 0.3) is 22.3 Å². The number of aliphatic carboxylic acids is 1. The molecule has 6 fully saturated rings. The van der Waals surface area contributed by atoms with E-state index < -0.39 is 96.1 Å². The Morgan fingerprint density at radius 2 is 1.60 bits per heavy atom. The molecule has 17 heteroatoms. The number of likely N-dealkylation sites (tertiary alicyclic amines) is 1. The lowest BCUT2D eigenvalue weighted by molar-refractivity contribution is -0.163. The van der Waals surface area contributed by atoms with Gasteiger partial charge in [0.15, 0.2) is 11.5 Å². The Bertz CT molecular complexity index is 1900. The van der Waals surface area contributed by atoms with Crippen molar-refractivity contribution < 1.29 is 54.6 Å². The lowest BCUT2D eigenvalue weighted by Gasteiger charge is -2.59. The van der Waals surface area contributed by atoms with Crippen LogP contribution in [0, 0.1) is 23.7 Å². The van der Waals surface area contributed by atoms with Crippen LogP contribution in [0.5, 0.6) is 5.75 Å². The number of halogens is 8. The van der Waals surface area contributed by atoms with E-state index in [9.17, 15) is 49.8 Å². The predicted molar refractivity (Wildman–Crippen MR) is 172 cm³/mol. The summed E-state index contributed by atoms with van der Waals surface area (Å²) in [5, 5.41) is 13.3. The quantitative estimate of drug-likeness (QED) is 0.229. The average molecular weight is 756 g/mol. The Morgan fingerprint density at radius 3 is 2.19 bits per heavy atom. The van der Waals surface area contributed by atoms with Crippen molar-refractivity contribution in [2.24, 2.45) is 23.7 Å². The molecule has 5 saturated carbocycles. The van der Waals surface area contributed by atoms with Crippen LogP contribution in [-0.2, 0) is 11.0 Å². The summed E-state index contributed by atoms with van der Waals surface area (Å²) in [7, 11) is 0. The van der Waals surface area contributed by atoms with Gasteiger partial charge in [-0.1, -0.05) is 0 Å². The van der Waals surface area contributed by atoms with Gasteiger partial charge in [0.25, 0.3) is 5.91 Å². The fourth-order valence-electron chi connectivity index (χ4n) is 9.94. The second-order valence-corrected chi connectivity index (χ2v) is 15.7. The molecule has 2 aromatic heterocycles. The number of benzene rings is 1. The van der Waals surface area contributed by atoms with Gasteiger partial charge in [-0.15, -0.1) is 0 Å². The van der Waals surface area contributed by atoms with E-state index in [1.807, 2.05) is 0 Å². The summed E-state index contributed by atoms with van der Waals surface area (Å²) in [6.45, 7) is -1.01. The number of hydrogen-bond acceptors (Lipinski definition) is 6. The number of amides is 1. The number of carbonyl (C=O) groups excluding carboxylic acids is 1. The van der Waals surface area contributed by atoms with Crippen molar-refractivity contribution in [3.8, 4) is 17.1 Å². The summed E-state index contributed by atoms with van der Waals surface area (Å²) < 4.78 is 118. The van der Waals surface area contributed by atoms with E-state index in [4.69, 9.17) is 4.74 Å². The Kier molecular flexibility index (Phi) is 8.50. The summed E-state index contributed by atoms with van der Waals surface area (Å²) in [4.78, 5) is 35.7. The van der Waals surface area contributed by atoms with Crippen LogP contribution >= 0.6 is 0 Å². The SMILES string of the molecule is O=C(NC1(C(=O)O)C2CC3CC(C2)CC1C3)c1cnc(-c2cn(C3CCC(F)(F)CC3)c3cc(OC4CN(CC(F)(F)F)C4)ccc23)nc1C(F)(F)F. The van der Waals surface area contributed by atoms with Crippen LogP contribution in [0.3, 0.4) is 0 Å². The molecule has 1 amide bonds. The molecule has 1 saturated heterocycles. The zero-order chi connectivity index (χ0) is 37.7. The highest BCUT2D eigenvalue weighted by molar-refractivity contribution is 6.00. The normalized spacial score (nSPS) is 29.0. The van der Waals surface area contributed by atoms with Gasteiger partial charge in [0.05, 0.1) is 17.6 Å². The first kappa shape index (κ1) is 36.0. The second kappa shape index (κ2) is 12.5. The fourth-order valence-corrected chi connectivity index (χ4v) is 9.94. The van der Waals surface area contributed by atoms with Gasteiger partial charge in [-0.25, -0.2) is 23.5 Å². The summed E-state index contributed by atoms with van der Waals surface area (Å²) in [5.41, 5.74) is -3.61. The summed E-state index contributed by atoms with van der Waals surface area (Å²) in [5.74, 6) is -5.61. The largest absolute Gasteiger partial charge is 0.488 e. The first-order valence-electron chi connectivity index (χ1n) is 17.9. The van der Waals surface area contributed by atoms with Gasteiger partial charge in [-0.05, 0) is 80.8 Å². The highest BCUT2D eigenvalue weighted by atomic mass is 19.4. The van der Waals surface area contributed by atoms with E-state index in [1.165, 1.54) is 17.2 Å². The van der Waals surface area contributed by atoms with Crippen molar-refractivity contribution in [2.45, 2.75) is 93.7 Å². The number of carbonyl (C=O) groups is 2. The molecule has 9 nitrogen and oxygen atoms in total. The number of rotatable bonds is 8. The number of aromatic nitrogens is 3. The maximum atomic E-state index is 14.7. The molecule has 6 aliphatic rings. The Labute approximate surface area is 298 Å². The van der Waals surface area contributed by atoms with Gasteiger partial charge in [-0.3, -0.25) is 9.69 Å². The molecule has 0 radical (unpaired) electrons. The zero-order valence-corrected chi connectivity index (χ0v) is 28.3. The van der Waals surface area contributed by atoms with Gasteiger partial charge < -0.3 is 19.7 Å². The molecular formula is C36H37F8N5O4. The van der Waals surface area contributed by atoms with E-state index in [0.29, 0.717) is 48.4 Å². The summed E-state index contributed by atoms with van der Waals surface area (Å²) in [6.07, 6.45) is -5.17. The molecule has 0 spiro atoms. The van der Waals surface area contributed by atoms with Crippen LogP contribution in [0.2, 0.25) is 0 Å². The van der Waals surface area contributed by atoms with Crippen molar-refractivity contribution in [3.63, 3.8) is 0 Å². The van der Waals surface area contributed by atoms with Crippen molar-refractivity contribution >= 4 is 22.8 Å². The Hall–Kier alpha value is -4.02. The first-order valence-corrected chi connectivity index (χ1v) is 17.9. The van der Waals surface area contributed by atoms with Gasteiger partial charge in [0.1, 0.15) is 17.4 Å². The summed E-state index contributed by atoms with van der Waals surface area (Å²) in [6, 6.07) is 4.16. The third-order valence-electron chi connectivity index (χ3n) is 12.2. The molecule has 4 bridgehead atoms. The Balaban J connectivity index is 1.12. The van der Waals surface area contributed by atoms with Crippen LogP contribution in [0.4, 0.5) is 35.1 Å². The van der Waals surface area contributed by atoms with Crippen molar-refractivity contribution in [2.75, 3.05) is 19.6 Å². The van der Waals surface area contributed by atoms with E-state index in [-0.39, 0.29) is 37.2 Å². The molecule has 9 rings (SSSR count). The molecule has 3 heterocycles. The molecule has 5 aliphatic carbocycles. The number of fused-ring (bicyclic) bond motifs is 1. The molecule has 53 heavy (non-hydrogen) atoms. The molecule has 0 unspecified atom stereocenters. The third-order valence-corrected chi connectivity index (χ3v) is 12.2. The predicted octanol–water partition coefficient (Wildman–Crippen LogP) is 7.50. The topological polar surface area (TPSA) is 110 Å². The lowest BCUT2D eigenvalue weighted by atomic mass is 9.48. The highest BCUT2D eigenvalue weighted by Crippen LogP contribution is 2.58. The van der Waals surface area contributed by atoms with E-state index in [2.05, 4.69) is 15.3 Å². The van der Waals surface area contributed by atoms with E-state index >= 15 is 0 Å². The number of alkyl halides is 8. The maximum absolute atomic E-state index is 14.7. The number of nitrogens with zero attached hydrogens (tertiary/aromatic N) is 4. The molecule has 3 aromatic rings. The molecular weight excluding hydrogens is 718 g/mol. The highest BCUT2D eigenvalue weighted by Gasteiger charge is 2.62. The molecule has 0 atom stereocenters. The van der Waals surface area contributed by atoms with Crippen molar-refractivity contribution in [1.82, 2.24) is 24.8 Å². The van der Waals surface area contributed by atoms with E-state index in [1.54, 1.807) is 16.7 Å². The van der Waals surface area contributed by atoms with Crippen LogP contribution in [-0.4, -0.2) is 79.8 Å². The molecule has 2 N–H and O–H groups in total. The fraction of sp³-hybridized carbons (Fsp3) is 0.611. The molecule has 1 aliphatic heterocycles. The molecule has 286 valence electrons. The van der Waals surface area contributed by atoms with E-state index in [0.717, 1.165) is 12.6 Å². The van der Waals surface area contributed by atoms with Gasteiger partial charge in [0, 0.05) is 61.4 Å². The van der Waals surface area contributed by atoms with Crippen LogP contribution in [0.1, 0.15) is 79.9 Å². The lowest BCUT2D eigenvalue weighted by Crippen LogP contribution is -2.70. The minimum atomic E-state index is -5.14. The number of ether oxygens (including phenoxy) is 1. The standard InChI is InChI=1S/C36H37F8N5O4/c37-33(38)5-3-22(4-6-33)49-16-27(25-2-1-23(12-28(25)49)53-24-14-48(15-24)17-34(39,40)41)30-45-13-26(29(46-30)36(42,43)44)31(50)47-35(32(51)52)20-8-18-7-19(10-20)11-21(35)9-18/h1-2,12-13,16,18-22,24H,3-11,14-15,17H2,(H,47,50)(H,51,52). The summed E-state index contributed by atoms with van der Waals surface area (Å²) >= 11 is 0. The van der Waals surface area contributed by atoms with Crippen molar-refractivity contribution in [1.29, 1.82) is 0 Å². The van der Waals surface area contributed by atoms with Crippen molar-refractivity contribution in [3.05, 3.63) is 41.9 Å². The zero-order valence-electron chi connectivity index (χ0n) is 28.3. The second-order valence-electron chi connectivity index (χ2n) is 15.7. The number of carboxylic acid groups (broad SMARTS) is 1.